The number of nitrogens with zero attached hydrogens (tertiary/aromatic N) is 3. The van der Waals surface area contributed by atoms with Gasteiger partial charge in [-0.25, -0.2) is 4.68 Å². The maximum Gasteiger partial charge on any atom is 0.288 e. The van der Waals surface area contributed by atoms with E-state index < -0.39 is 0 Å². The molecule has 2 rings (SSSR count). The van der Waals surface area contributed by atoms with E-state index in [2.05, 4.69) is 10.00 Å². The first kappa shape index (κ1) is 15.7. The van der Waals surface area contributed by atoms with E-state index in [0.29, 0.717) is 13.2 Å². The average molecular weight is 315 g/mol. The van der Waals surface area contributed by atoms with Gasteiger partial charge in [-0.05, 0) is 6.92 Å². The van der Waals surface area contributed by atoms with E-state index in [9.17, 15) is 4.79 Å². The third-order valence-electron chi connectivity index (χ3n) is 2.83. The minimum atomic E-state index is -0.363. The molecule has 0 aliphatic carbocycles. The van der Waals surface area contributed by atoms with Crippen molar-refractivity contribution in [2.45, 2.75) is 13.1 Å². The van der Waals surface area contributed by atoms with E-state index in [-0.39, 0.29) is 34.2 Å². The quantitative estimate of drug-likeness (QED) is 0.835. The molecule has 1 unspecified atom stereocenters. The van der Waals surface area contributed by atoms with Crippen molar-refractivity contribution < 1.29 is 4.74 Å². The van der Waals surface area contributed by atoms with Gasteiger partial charge in [0.2, 0.25) is 0 Å². The first-order chi connectivity index (χ1) is 8.11. The van der Waals surface area contributed by atoms with Gasteiger partial charge in [0, 0.05) is 13.1 Å². The van der Waals surface area contributed by atoms with E-state index in [1.165, 1.54) is 10.9 Å². The Bertz CT molecular complexity index is 460. The van der Waals surface area contributed by atoms with Gasteiger partial charge in [0.25, 0.3) is 5.56 Å². The van der Waals surface area contributed by atoms with Crippen molar-refractivity contribution in [2.24, 2.45) is 0 Å². The summed E-state index contributed by atoms with van der Waals surface area (Å²) in [5.74, 6) is 0. The Kier molecular flexibility index (Phi) is 5.88. The van der Waals surface area contributed by atoms with Crippen LogP contribution in [0.15, 0.2) is 11.0 Å². The number of halogens is 3. The van der Waals surface area contributed by atoms with Gasteiger partial charge < -0.3 is 4.74 Å². The van der Waals surface area contributed by atoms with Gasteiger partial charge in [-0.15, -0.1) is 12.4 Å². The fourth-order valence-electron chi connectivity index (χ4n) is 1.80. The van der Waals surface area contributed by atoms with Crippen LogP contribution >= 0.6 is 35.6 Å². The molecule has 1 aliphatic heterocycles. The standard InChI is InChI=1S/C10H13Cl2N3O2.ClH/c1-7(14-2-4-17-5-3-14)15-10(16)9(12)8(11)6-13-15;/h6-7H,2-5H2,1H3;1H. The molecule has 1 atom stereocenters. The fraction of sp³-hybridized carbons (Fsp3) is 0.600. The summed E-state index contributed by atoms with van der Waals surface area (Å²) in [6.07, 6.45) is 1.24. The lowest BCUT2D eigenvalue weighted by atomic mass is 10.3. The Hall–Kier alpha value is -0.330. The predicted octanol–water partition coefficient (Wildman–Crippen LogP) is 1.82. The van der Waals surface area contributed by atoms with Gasteiger partial charge >= 0.3 is 0 Å². The lowest BCUT2D eigenvalue weighted by Crippen LogP contribution is -2.43. The van der Waals surface area contributed by atoms with Crippen molar-refractivity contribution in [1.82, 2.24) is 14.7 Å². The van der Waals surface area contributed by atoms with E-state index >= 15 is 0 Å². The molecular weight excluding hydrogens is 300 g/mol. The maximum atomic E-state index is 11.9. The highest BCUT2D eigenvalue weighted by Crippen LogP contribution is 2.17. The molecule has 2 heterocycles. The summed E-state index contributed by atoms with van der Waals surface area (Å²) in [4.78, 5) is 14.0. The summed E-state index contributed by atoms with van der Waals surface area (Å²) in [7, 11) is 0. The number of hydrogen-bond acceptors (Lipinski definition) is 4. The smallest absolute Gasteiger partial charge is 0.288 e. The molecule has 1 aromatic heterocycles. The van der Waals surface area contributed by atoms with Crippen LogP contribution in [0.25, 0.3) is 0 Å². The maximum absolute atomic E-state index is 11.9. The third kappa shape index (κ3) is 3.16. The van der Waals surface area contributed by atoms with Crippen molar-refractivity contribution in [3.8, 4) is 0 Å². The highest BCUT2D eigenvalue weighted by atomic mass is 35.5. The third-order valence-corrected chi connectivity index (χ3v) is 3.58. The predicted molar refractivity (Wildman–Crippen MR) is 72.9 cm³/mol. The Labute approximate surface area is 121 Å². The molecule has 0 amide bonds. The summed E-state index contributed by atoms with van der Waals surface area (Å²) in [6.45, 7) is 4.79. The second-order valence-corrected chi connectivity index (χ2v) is 4.62. The number of hydrogen-bond donors (Lipinski definition) is 0. The molecule has 0 aromatic carbocycles. The number of rotatable bonds is 2. The van der Waals surface area contributed by atoms with Crippen molar-refractivity contribution in [2.75, 3.05) is 26.3 Å². The number of morpholine rings is 1. The van der Waals surface area contributed by atoms with Crippen LogP contribution in [-0.2, 0) is 4.74 Å². The van der Waals surface area contributed by atoms with Gasteiger partial charge in [-0.1, -0.05) is 23.2 Å². The number of aromatic nitrogens is 2. The van der Waals surface area contributed by atoms with Crippen molar-refractivity contribution in [3.63, 3.8) is 0 Å². The van der Waals surface area contributed by atoms with Gasteiger partial charge in [0.1, 0.15) is 11.2 Å². The van der Waals surface area contributed by atoms with E-state index in [4.69, 9.17) is 27.9 Å². The lowest BCUT2D eigenvalue weighted by Gasteiger charge is -2.32. The lowest BCUT2D eigenvalue weighted by molar-refractivity contribution is -0.000831. The monoisotopic (exact) mass is 313 g/mol. The molecule has 1 aliphatic rings. The molecule has 1 saturated heterocycles. The minimum Gasteiger partial charge on any atom is -0.379 e. The zero-order valence-corrected chi connectivity index (χ0v) is 12.1. The van der Waals surface area contributed by atoms with Crippen LogP contribution in [0.3, 0.4) is 0 Å². The summed E-state index contributed by atoms with van der Waals surface area (Å²) in [5.41, 5.74) is -0.363. The Morgan fingerprint density at radius 1 is 1.39 bits per heavy atom. The summed E-state index contributed by atoms with van der Waals surface area (Å²) < 4.78 is 6.61. The van der Waals surface area contributed by atoms with E-state index in [1.807, 2.05) is 6.92 Å². The highest BCUT2D eigenvalue weighted by Gasteiger charge is 2.21. The molecule has 0 bridgehead atoms. The van der Waals surface area contributed by atoms with Crippen LogP contribution < -0.4 is 5.56 Å². The van der Waals surface area contributed by atoms with Crippen molar-refractivity contribution in [3.05, 3.63) is 26.6 Å². The molecule has 0 N–H and O–H groups in total. The molecular formula is C10H14Cl3N3O2. The summed E-state index contributed by atoms with van der Waals surface area (Å²) >= 11 is 11.6. The molecule has 8 heteroatoms. The zero-order valence-electron chi connectivity index (χ0n) is 9.81. The first-order valence-electron chi connectivity index (χ1n) is 5.36. The molecule has 0 saturated carbocycles. The van der Waals surface area contributed by atoms with Gasteiger partial charge in [0.05, 0.1) is 24.4 Å². The Morgan fingerprint density at radius 2 is 2.00 bits per heavy atom. The van der Waals surface area contributed by atoms with Crippen LogP contribution in [0, 0.1) is 0 Å². The largest absolute Gasteiger partial charge is 0.379 e. The average Bonchev–Trinajstić information content (AvgIpc) is 2.36. The van der Waals surface area contributed by atoms with Crippen molar-refractivity contribution >= 4 is 35.6 Å². The van der Waals surface area contributed by atoms with Gasteiger partial charge in [-0.3, -0.25) is 9.69 Å². The SMILES string of the molecule is CC(N1CCOCC1)n1ncc(Cl)c(Cl)c1=O.Cl. The normalized spacial score (nSPS) is 18.2. The fourth-order valence-corrected chi connectivity index (χ4v) is 2.06. The van der Waals surface area contributed by atoms with Gasteiger partial charge in [-0.2, -0.15) is 5.10 Å². The second kappa shape index (κ2) is 6.73. The molecule has 0 radical (unpaired) electrons. The minimum absolute atomic E-state index is 0. The molecule has 1 fully saturated rings. The topological polar surface area (TPSA) is 47.4 Å². The van der Waals surface area contributed by atoms with Crippen molar-refractivity contribution in [1.29, 1.82) is 0 Å². The molecule has 18 heavy (non-hydrogen) atoms. The molecule has 5 nitrogen and oxygen atoms in total. The summed E-state index contributed by atoms with van der Waals surface area (Å²) in [5, 5.41) is 4.22. The molecule has 1 aromatic rings. The van der Waals surface area contributed by atoms with Crippen LogP contribution in [-0.4, -0.2) is 41.0 Å². The van der Waals surface area contributed by atoms with Gasteiger partial charge in [0.15, 0.2) is 0 Å². The van der Waals surface area contributed by atoms with Crippen LogP contribution in [0.4, 0.5) is 0 Å². The van der Waals surface area contributed by atoms with Crippen LogP contribution in [0.1, 0.15) is 13.1 Å². The first-order valence-corrected chi connectivity index (χ1v) is 6.11. The second-order valence-electron chi connectivity index (χ2n) is 3.84. The number of ether oxygens (including phenoxy) is 1. The Morgan fingerprint density at radius 3 is 2.61 bits per heavy atom. The van der Waals surface area contributed by atoms with E-state index in [1.54, 1.807) is 0 Å². The molecule has 0 spiro atoms. The zero-order chi connectivity index (χ0) is 12.4. The highest BCUT2D eigenvalue weighted by molar-refractivity contribution is 6.41. The summed E-state index contributed by atoms with van der Waals surface area (Å²) in [6, 6.07) is 0. The van der Waals surface area contributed by atoms with E-state index in [0.717, 1.165) is 13.1 Å². The molecule has 102 valence electrons. The van der Waals surface area contributed by atoms with Crippen LogP contribution in [0.5, 0.6) is 0 Å². The Balaban J connectivity index is 0.00000162. The van der Waals surface area contributed by atoms with Crippen LogP contribution in [0.2, 0.25) is 10.0 Å².